The van der Waals surface area contributed by atoms with Crippen LogP contribution in [0.1, 0.15) is 0 Å². The minimum absolute atomic E-state index is 0.0449. The highest BCUT2D eigenvalue weighted by atomic mass is 127. The lowest BCUT2D eigenvalue weighted by molar-refractivity contribution is -0.597. The van der Waals surface area contributed by atoms with E-state index in [-0.39, 0.29) is 21.2 Å². The molecular weight excluding hydrogens is 448 g/mol. The largest absolute Gasteiger partial charge is 0.741 e. The Hall–Kier alpha value is -1.33. The van der Waals surface area contributed by atoms with Crippen molar-refractivity contribution in [3.63, 3.8) is 0 Å². The molecule has 0 unspecified atom stereocenters. The molecule has 0 aliphatic carbocycles. The molecule has 2 aromatic carbocycles. The van der Waals surface area contributed by atoms with E-state index in [1.807, 2.05) is 12.1 Å². The molecule has 4 nitrogen and oxygen atoms in total. The van der Waals surface area contributed by atoms with E-state index >= 15 is 0 Å². The van der Waals surface area contributed by atoms with E-state index in [4.69, 9.17) is 17.7 Å². The summed E-state index contributed by atoms with van der Waals surface area (Å²) in [5.41, 5.74) is -5.65. The van der Waals surface area contributed by atoms with Crippen molar-refractivity contribution in [2.75, 3.05) is 7.11 Å². The van der Waals surface area contributed by atoms with Crippen LogP contribution in [0.15, 0.2) is 54.6 Å². The molecule has 0 saturated heterocycles. The van der Waals surface area contributed by atoms with Crippen molar-refractivity contribution in [2.45, 2.75) is 5.51 Å². The van der Waals surface area contributed by atoms with Crippen molar-refractivity contribution in [1.29, 1.82) is 0 Å². The van der Waals surface area contributed by atoms with Gasteiger partial charge in [0, 0.05) is 0 Å². The maximum Gasteiger partial charge on any atom is 0.485 e. The highest BCUT2D eigenvalue weighted by molar-refractivity contribution is 7.86. The third kappa shape index (κ3) is 7.18. The van der Waals surface area contributed by atoms with Crippen LogP contribution in [-0.2, 0) is 10.1 Å². The standard InChI is InChI=1S/C13H12IO.CHF3O3S/c1-15-13-9-7-12(8-10-13)14-11-5-3-2-4-6-11;2-1(3,4)8(5,6)7/h2-10H,1H3;(H,5,6,7)/q+1;/p-1. The Labute approximate surface area is 142 Å². The predicted molar refractivity (Wildman–Crippen MR) is 72.6 cm³/mol. The summed E-state index contributed by atoms with van der Waals surface area (Å²) in [6, 6.07) is 19.0. The fourth-order valence-corrected chi connectivity index (χ4v) is 3.45. The molecular formula is C14H12F3IO4S. The first-order chi connectivity index (χ1) is 10.6. The molecule has 0 aliphatic heterocycles. The lowest BCUT2D eigenvalue weighted by atomic mass is 10.3. The van der Waals surface area contributed by atoms with Gasteiger partial charge in [-0.1, -0.05) is 18.2 Å². The van der Waals surface area contributed by atoms with Crippen LogP contribution in [0.25, 0.3) is 0 Å². The van der Waals surface area contributed by atoms with Gasteiger partial charge in [-0.05, 0) is 36.4 Å². The van der Waals surface area contributed by atoms with E-state index in [0.29, 0.717) is 0 Å². The molecule has 0 aromatic heterocycles. The van der Waals surface area contributed by atoms with Gasteiger partial charge >= 0.3 is 26.7 Å². The fourth-order valence-electron chi connectivity index (χ4n) is 1.24. The summed E-state index contributed by atoms with van der Waals surface area (Å²) >= 11 is -0.0449. The highest BCUT2D eigenvalue weighted by Gasteiger charge is 2.36. The van der Waals surface area contributed by atoms with Gasteiger partial charge in [-0.3, -0.25) is 0 Å². The molecule has 0 bridgehead atoms. The highest BCUT2D eigenvalue weighted by Crippen LogP contribution is 2.20. The Balaban J connectivity index is 0.000000284. The zero-order chi connectivity index (χ0) is 17.5. The third-order valence-electron chi connectivity index (χ3n) is 2.28. The molecule has 0 heterocycles. The van der Waals surface area contributed by atoms with Crippen molar-refractivity contribution < 1.29 is 52.1 Å². The van der Waals surface area contributed by atoms with Gasteiger partial charge in [-0.25, -0.2) is 8.42 Å². The van der Waals surface area contributed by atoms with E-state index in [1.54, 1.807) is 7.11 Å². The van der Waals surface area contributed by atoms with E-state index in [2.05, 4.69) is 42.5 Å². The van der Waals surface area contributed by atoms with Gasteiger partial charge in [-0.15, -0.1) is 0 Å². The van der Waals surface area contributed by atoms with Crippen LogP contribution in [0.4, 0.5) is 13.2 Å². The average Bonchev–Trinajstić information content (AvgIpc) is 2.48. The van der Waals surface area contributed by atoms with Gasteiger partial charge in [-0.2, -0.15) is 13.2 Å². The van der Waals surface area contributed by atoms with Gasteiger partial charge < -0.3 is 9.29 Å². The van der Waals surface area contributed by atoms with E-state index in [1.165, 1.54) is 7.14 Å². The predicted octanol–water partition coefficient (Wildman–Crippen LogP) is -0.125. The summed E-state index contributed by atoms with van der Waals surface area (Å²) in [4.78, 5) is 0. The summed E-state index contributed by atoms with van der Waals surface area (Å²) in [7, 11) is -4.39. The Morgan fingerprint density at radius 2 is 1.39 bits per heavy atom. The second-order valence-electron chi connectivity index (χ2n) is 3.95. The average molecular weight is 460 g/mol. The summed E-state index contributed by atoms with van der Waals surface area (Å²) in [5, 5.41) is 0. The first-order valence-electron chi connectivity index (χ1n) is 5.99. The summed E-state index contributed by atoms with van der Waals surface area (Å²) in [6.45, 7) is 0. The number of ether oxygens (including phenoxy) is 1. The number of halogens is 4. The first kappa shape index (κ1) is 19.7. The monoisotopic (exact) mass is 460 g/mol. The van der Waals surface area contributed by atoms with Gasteiger partial charge in [0.05, 0.1) is 7.11 Å². The minimum atomic E-state index is -6.09. The number of benzene rings is 2. The van der Waals surface area contributed by atoms with Crippen LogP contribution < -0.4 is 25.9 Å². The van der Waals surface area contributed by atoms with Gasteiger partial charge in [0.2, 0.25) is 0 Å². The van der Waals surface area contributed by atoms with E-state index in [0.717, 1.165) is 5.75 Å². The molecule has 0 saturated carbocycles. The third-order valence-corrected chi connectivity index (χ3v) is 5.54. The molecule has 2 aromatic rings. The number of rotatable bonds is 3. The Kier molecular flexibility index (Phi) is 7.29. The number of hydrogen-bond donors (Lipinski definition) is 0. The topological polar surface area (TPSA) is 66.4 Å². The SMILES string of the molecule is COc1ccc([I+]c2ccccc2)cc1.O=S(=O)([O-])C(F)(F)F. The van der Waals surface area contributed by atoms with Crippen LogP contribution >= 0.6 is 0 Å². The smallest absolute Gasteiger partial charge is 0.485 e. The quantitative estimate of drug-likeness (QED) is 0.364. The lowest BCUT2D eigenvalue weighted by Crippen LogP contribution is -3.61. The normalized spacial score (nSPS) is 11.3. The molecule has 0 radical (unpaired) electrons. The lowest BCUT2D eigenvalue weighted by Gasteiger charge is -2.08. The number of methoxy groups -OCH3 is 1. The molecule has 0 spiro atoms. The molecule has 9 heteroatoms. The second-order valence-corrected chi connectivity index (χ2v) is 8.35. The fraction of sp³-hybridized carbons (Fsp3) is 0.143. The maximum absolute atomic E-state index is 10.7. The molecule has 0 amide bonds. The van der Waals surface area contributed by atoms with Gasteiger partial charge in [0.25, 0.3) is 0 Å². The summed E-state index contributed by atoms with van der Waals surface area (Å²) < 4.78 is 66.9. The van der Waals surface area contributed by atoms with Crippen LogP contribution in [0.3, 0.4) is 0 Å². The summed E-state index contributed by atoms with van der Waals surface area (Å²) in [5.74, 6) is 0.927. The maximum atomic E-state index is 10.7. The molecule has 0 N–H and O–H groups in total. The number of hydrogen-bond acceptors (Lipinski definition) is 4. The molecule has 126 valence electrons. The summed E-state index contributed by atoms with van der Waals surface area (Å²) in [6.07, 6.45) is 0. The molecule has 2 rings (SSSR count). The molecule has 0 atom stereocenters. The van der Waals surface area contributed by atoms with Crippen LogP contribution in [0.5, 0.6) is 5.75 Å². The van der Waals surface area contributed by atoms with Crippen LogP contribution in [0.2, 0.25) is 0 Å². The first-order valence-corrected chi connectivity index (χ1v) is 9.56. The number of alkyl halides is 3. The zero-order valence-corrected chi connectivity index (χ0v) is 14.7. The Morgan fingerprint density at radius 1 is 0.957 bits per heavy atom. The van der Waals surface area contributed by atoms with Crippen molar-refractivity contribution in [2.24, 2.45) is 0 Å². The van der Waals surface area contributed by atoms with E-state index in [9.17, 15) is 13.2 Å². The van der Waals surface area contributed by atoms with E-state index < -0.39 is 15.6 Å². The molecule has 0 fully saturated rings. The Morgan fingerprint density at radius 3 is 1.78 bits per heavy atom. The minimum Gasteiger partial charge on any atom is -0.741 e. The Bertz CT molecular complexity index is 701. The molecule has 23 heavy (non-hydrogen) atoms. The van der Waals surface area contributed by atoms with Crippen molar-refractivity contribution >= 4 is 10.1 Å². The second kappa shape index (κ2) is 8.50. The van der Waals surface area contributed by atoms with Crippen molar-refractivity contribution in [1.82, 2.24) is 0 Å². The zero-order valence-electron chi connectivity index (χ0n) is 11.7. The van der Waals surface area contributed by atoms with Crippen molar-refractivity contribution in [3.05, 3.63) is 61.7 Å². The van der Waals surface area contributed by atoms with Gasteiger partial charge in [0.15, 0.2) is 17.3 Å². The van der Waals surface area contributed by atoms with Gasteiger partial charge in [0.1, 0.15) is 5.75 Å². The van der Waals surface area contributed by atoms with Crippen molar-refractivity contribution in [3.8, 4) is 5.75 Å². The van der Waals surface area contributed by atoms with Crippen LogP contribution in [-0.4, -0.2) is 25.6 Å². The van der Waals surface area contributed by atoms with Crippen LogP contribution in [0, 0.1) is 7.14 Å². The molecule has 0 aliphatic rings.